The van der Waals surface area contributed by atoms with Crippen LogP contribution in [0.1, 0.15) is 5.82 Å². The van der Waals surface area contributed by atoms with Gasteiger partial charge >= 0.3 is 0 Å². The summed E-state index contributed by atoms with van der Waals surface area (Å²) in [5.41, 5.74) is 7.33. The predicted octanol–water partition coefficient (Wildman–Crippen LogP) is 1.70. The molecule has 3 aromatic rings. The highest BCUT2D eigenvalue weighted by Gasteiger charge is 2.15. The molecule has 0 radical (unpaired) electrons. The van der Waals surface area contributed by atoms with Crippen molar-refractivity contribution in [2.24, 2.45) is 0 Å². The third-order valence-corrected chi connectivity index (χ3v) is 3.23. The van der Waals surface area contributed by atoms with Gasteiger partial charge < -0.3 is 10.5 Å². The zero-order valence-electron chi connectivity index (χ0n) is 10.6. The number of benzene rings is 1. The molecule has 7 nitrogen and oxygen atoms in total. The van der Waals surface area contributed by atoms with Crippen LogP contribution in [0.4, 0.5) is 5.95 Å². The molecular weight excluding hydrogens is 324 g/mol. The van der Waals surface area contributed by atoms with E-state index in [0.717, 1.165) is 15.5 Å². The van der Waals surface area contributed by atoms with Crippen molar-refractivity contribution in [2.75, 3.05) is 12.8 Å². The van der Waals surface area contributed by atoms with E-state index < -0.39 is 0 Å². The van der Waals surface area contributed by atoms with Crippen LogP contribution in [0.25, 0.3) is 17.0 Å². The number of imidazole rings is 1. The van der Waals surface area contributed by atoms with Gasteiger partial charge in [0, 0.05) is 11.6 Å². The minimum Gasteiger partial charge on any atom is -0.377 e. The molecule has 0 bridgehead atoms. The number of methoxy groups -OCH3 is 1. The number of hydrogen-bond acceptors (Lipinski definition) is 6. The lowest BCUT2D eigenvalue weighted by Gasteiger charge is -2.06. The minimum atomic E-state index is 0.162. The Hall–Kier alpha value is -2.06. The average molecular weight is 335 g/mol. The van der Waals surface area contributed by atoms with E-state index in [9.17, 15) is 0 Å². The summed E-state index contributed by atoms with van der Waals surface area (Å²) in [6, 6.07) is 5.79. The van der Waals surface area contributed by atoms with Crippen LogP contribution in [0, 0.1) is 0 Å². The van der Waals surface area contributed by atoms with Crippen molar-refractivity contribution in [1.82, 2.24) is 24.5 Å². The zero-order chi connectivity index (χ0) is 14.1. The summed E-state index contributed by atoms with van der Waals surface area (Å²) in [4.78, 5) is 16.6. The Kier molecular flexibility index (Phi) is 3.33. The number of halogens is 1. The normalized spacial score (nSPS) is 11.1. The van der Waals surface area contributed by atoms with Gasteiger partial charge in [-0.25, -0.2) is 15.0 Å². The molecule has 20 heavy (non-hydrogen) atoms. The summed E-state index contributed by atoms with van der Waals surface area (Å²) in [6.07, 6.45) is 1.37. The minimum absolute atomic E-state index is 0.162. The quantitative estimate of drug-likeness (QED) is 0.783. The molecule has 0 saturated carbocycles. The summed E-state index contributed by atoms with van der Waals surface area (Å²) < 4.78 is 7.93. The molecule has 0 spiro atoms. The predicted molar refractivity (Wildman–Crippen MR) is 77.3 cm³/mol. The summed E-state index contributed by atoms with van der Waals surface area (Å²) in [6.45, 7) is 0.345. The molecule has 0 amide bonds. The van der Waals surface area contributed by atoms with Crippen LogP contribution < -0.4 is 5.73 Å². The molecule has 1 aromatic carbocycles. The molecule has 0 aliphatic carbocycles. The Morgan fingerprint density at radius 2 is 2.15 bits per heavy atom. The number of aromatic nitrogens is 5. The van der Waals surface area contributed by atoms with Crippen molar-refractivity contribution in [1.29, 1.82) is 0 Å². The molecule has 0 fully saturated rings. The Bertz CT molecular complexity index is 772. The van der Waals surface area contributed by atoms with Crippen LogP contribution in [0.5, 0.6) is 0 Å². The lowest BCUT2D eigenvalue weighted by molar-refractivity contribution is 0.176. The smallest absolute Gasteiger partial charge is 0.240 e. The van der Waals surface area contributed by atoms with E-state index in [1.165, 1.54) is 6.33 Å². The number of nitrogens with two attached hydrogens (primary N) is 1. The second kappa shape index (κ2) is 5.14. The second-order valence-corrected chi connectivity index (χ2v) is 4.99. The van der Waals surface area contributed by atoms with Gasteiger partial charge in [-0.3, -0.25) is 4.57 Å². The van der Waals surface area contributed by atoms with E-state index in [1.54, 1.807) is 7.11 Å². The van der Waals surface area contributed by atoms with Crippen molar-refractivity contribution in [3.05, 3.63) is 34.8 Å². The fourth-order valence-corrected chi connectivity index (χ4v) is 2.30. The zero-order valence-corrected chi connectivity index (χ0v) is 12.2. The lowest BCUT2D eigenvalue weighted by atomic mass is 10.3. The highest BCUT2D eigenvalue weighted by atomic mass is 79.9. The monoisotopic (exact) mass is 334 g/mol. The Labute approximate surface area is 123 Å². The third-order valence-electron chi connectivity index (χ3n) is 2.74. The van der Waals surface area contributed by atoms with E-state index in [0.29, 0.717) is 18.4 Å². The van der Waals surface area contributed by atoms with Crippen LogP contribution >= 0.6 is 15.9 Å². The molecule has 3 rings (SSSR count). The van der Waals surface area contributed by atoms with E-state index in [2.05, 4.69) is 35.9 Å². The van der Waals surface area contributed by atoms with Crippen molar-refractivity contribution in [3.63, 3.8) is 0 Å². The largest absolute Gasteiger partial charge is 0.377 e. The second-order valence-electron chi connectivity index (χ2n) is 4.07. The van der Waals surface area contributed by atoms with E-state index >= 15 is 0 Å². The molecule has 0 aliphatic rings. The van der Waals surface area contributed by atoms with Crippen molar-refractivity contribution in [3.8, 4) is 5.95 Å². The fourth-order valence-electron chi connectivity index (χ4n) is 1.95. The van der Waals surface area contributed by atoms with Crippen molar-refractivity contribution in [2.45, 2.75) is 6.61 Å². The number of nitrogen functional groups attached to an aromatic ring is 1. The Balaban J connectivity index is 2.30. The maximum absolute atomic E-state index is 5.63. The molecular formula is C12H11BrN6O. The number of fused-ring (bicyclic) bond motifs is 1. The van der Waals surface area contributed by atoms with E-state index in [-0.39, 0.29) is 5.95 Å². The van der Waals surface area contributed by atoms with Gasteiger partial charge in [-0.2, -0.15) is 4.98 Å². The fraction of sp³-hybridized carbons (Fsp3) is 0.167. The van der Waals surface area contributed by atoms with Gasteiger partial charge in [-0.15, -0.1) is 0 Å². The first-order valence-corrected chi connectivity index (χ1v) is 6.59. The van der Waals surface area contributed by atoms with Gasteiger partial charge in [-0.05, 0) is 18.2 Å². The molecule has 0 unspecified atom stereocenters. The van der Waals surface area contributed by atoms with Gasteiger partial charge in [0.1, 0.15) is 18.8 Å². The summed E-state index contributed by atoms with van der Waals surface area (Å²) >= 11 is 3.45. The Morgan fingerprint density at radius 1 is 1.30 bits per heavy atom. The first kappa shape index (κ1) is 12.9. The molecule has 0 saturated heterocycles. The van der Waals surface area contributed by atoms with Crippen molar-refractivity contribution >= 4 is 32.9 Å². The van der Waals surface area contributed by atoms with Gasteiger partial charge in [0.15, 0.2) is 0 Å². The first-order valence-electron chi connectivity index (χ1n) is 5.80. The Morgan fingerprint density at radius 3 is 2.90 bits per heavy atom. The number of hydrogen-bond donors (Lipinski definition) is 1. The van der Waals surface area contributed by atoms with Crippen LogP contribution in [-0.4, -0.2) is 31.6 Å². The van der Waals surface area contributed by atoms with E-state index in [4.69, 9.17) is 10.5 Å². The maximum atomic E-state index is 5.63. The van der Waals surface area contributed by atoms with Crippen LogP contribution in [-0.2, 0) is 11.3 Å². The number of ether oxygens (including phenoxy) is 1. The highest BCUT2D eigenvalue weighted by Crippen LogP contribution is 2.23. The maximum Gasteiger partial charge on any atom is 0.240 e. The topological polar surface area (TPSA) is 91.7 Å². The van der Waals surface area contributed by atoms with Gasteiger partial charge in [0.2, 0.25) is 11.9 Å². The molecule has 2 aromatic heterocycles. The SMILES string of the molecule is COCc1nc2ccc(Br)cc2n1-c1ncnc(N)n1. The van der Waals surface area contributed by atoms with Crippen LogP contribution in [0.15, 0.2) is 29.0 Å². The molecule has 8 heteroatoms. The summed E-state index contributed by atoms with van der Waals surface area (Å²) in [5, 5.41) is 0. The third kappa shape index (κ3) is 2.23. The molecule has 0 atom stereocenters. The van der Waals surface area contributed by atoms with Gasteiger partial charge in [0.25, 0.3) is 0 Å². The first-order chi connectivity index (χ1) is 9.69. The van der Waals surface area contributed by atoms with E-state index in [1.807, 2.05) is 22.8 Å². The molecule has 0 aliphatic heterocycles. The molecule has 2 N–H and O–H groups in total. The number of anilines is 1. The van der Waals surface area contributed by atoms with Crippen LogP contribution in [0.3, 0.4) is 0 Å². The lowest BCUT2D eigenvalue weighted by Crippen LogP contribution is -2.09. The standard InChI is InChI=1S/C12H11BrN6O/c1-20-5-10-17-8-3-2-7(13)4-9(8)19(10)12-16-6-15-11(14)18-12/h2-4,6H,5H2,1H3,(H2,14,15,16,18). The van der Waals surface area contributed by atoms with Gasteiger partial charge in [0.05, 0.1) is 11.0 Å². The average Bonchev–Trinajstić information content (AvgIpc) is 2.76. The molecule has 102 valence electrons. The van der Waals surface area contributed by atoms with Crippen LogP contribution in [0.2, 0.25) is 0 Å². The van der Waals surface area contributed by atoms with Crippen molar-refractivity contribution < 1.29 is 4.74 Å². The molecule has 2 heterocycles. The summed E-state index contributed by atoms with van der Waals surface area (Å²) in [7, 11) is 1.61. The number of nitrogens with zero attached hydrogens (tertiary/aromatic N) is 5. The summed E-state index contributed by atoms with van der Waals surface area (Å²) in [5.74, 6) is 1.28. The van der Waals surface area contributed by atoms with Gasteiger partial charge in [-0.1, -0.05) is 15.9 Å². The highest BCUT2D eigenvalue weighted by molar-refractivity contribution is 9.10. The number of rotatable bonds is 3.